The average Bonchev–Trinajstić information content (AvgIpc) is 2.24. The highest BCUT2D eigenvalue weighted by Gasteiger charge is 2.24. The van der Waals surface area contributed by atoms with E-state index in [-0.39, 0.29) is 23.5 Å². The summed E-state index contributed by atoms with van der Waals surface area (Å²) in [5.74, 6) is 0.0582. The number of methoxy groups -OCH3 is 1. The highest BCUT2D eigenvalue weighted by Crippen LogP contribution is 2.05. The summed E-state index contributed by atoms with van der Waals surface area (Å²) in [6.07, 6.45) is 1.94. The predicted octanol–water partition coefficient (Wildman–Crippen LogP) is 1.69. The van der Waals surface area contributed by atoms with E-state index < -0.39 is 0 Å². The van der Waals surface area contributed by atoms with Gasteiger partial charge in [0.25, 0.3) is 0 Å². The monoisotopic (exact) mass is 244 g/mol. The van der Waals surface area contributed by atoms with E-state index in [1.54, 1.807) is 7.11 Å². The maximum absolute atomic E-state index is 11.9. The molecule has 0 saturated heterocycles. The van der Waals surface area contributed by atoms with Crippen LogP contribution in [-0.2, 0) is 9.53 Å². The summed E-state index contributed by atoms with van der Waals surface area (Å²) in [6, 6.07) is 0.0676. The molecule has 0 aromatic carbocycles. The summed E-state index contributed by atoms with van der Waals surface area (Å²) < 4.78 is 5.12. The van der Waals surface area contributed by atoms with Crippen LogP contribution in [0.15, 0.2) is 0 Å². The molecule has 0 aromatic rings. The molecule has 0 saturated carbocycles. The van der Waals surface area contributed by atoms with E-state index in [1.165, 1.54) is 0 Å². The SMILES string of the molecule is CCC(CC)NC(=O)C(C)NC(C)(C)COC. The fourth-order valence-corrected chi connectivity index (χ4v) is 1.87. The van der Waals surface area contributed by atoms with Crippen LogP contribution in [0, 0.1) is 0 Å². The minimum absolute atomic E-state index is 0.0582. The molecule has 17 heavy (non-hydrogen) atoms. The van der Waals surface area contributed by atoms with Crippen LogP contribution >= 0.6 is 0 Å². The standard InChI is InChI=1S/C13H28N2O2/c1-7-11(8-2)14-12(16)10(3)15-13(4,5)9-17-6/h10-11,15H,7-9H2,1-6H3,(H,14,16). The molecular weight excluding hydrogens is 216 g/mol. The normalized spacial score (nSPS) is 13.8. The van der Waals surface area contributed by atoms with Crippen LogP contribution in [-0.4, -0.2) is 37.2 Å². The number of hydrogen-bond donors (Lipinski definition) is 2. The Labute approximate surface area is 105 Å². The molecule has 0 aliphatic heterocycles. The van der Waals surface area contributed by atoms with Crippen LogP contribution < -0.4 is 10.6 Å². The highest BCUT2D eigenvalue weighted by atomic mass is 16.5. The number of carbonyl (C=O) groups excluding carboxylic acids is 1. The van der Waals surface area contributed by atoms with Gasteiger partial charge >= 0.3 is 0 Å². The number of ether oxygens (including phenoxy) is 1. The van der Waals surface area contributed by atoms with Crippen molar-refractivity contribution in [2.75, 3.05) is 13.7 Å². The lowest BCUT2D eigenvalue weighted by atomic mass is 10.1. The molecule has 0 rings (SSSR count). The molecule has 1 atom stereocenters. The molecule has 0 fully saturated rings. The van der Waals surface area contributed by atoms with Crippen molar-refractivity contribution >= 4 is 5.91 Å². The molecule has 0 bridgehead atoms. The number of rotatable bonds is 8. The highest BCUT2D eigenvalue weighted by molar-refractivity contribution is 5.81. The first kappa shape index (κ1) is 16.4. The van der Waals surface area contributed by atoms with Crippen LogP contribution in [0.3, 0.4) is 0 Å². The van der Waals surface area contributed by atoms with Gasteiger partial charge in [-0.2, -0.15) is 0 Å². The van der Waals surface area contributed by atoms with Crippen LogP contribution in [0.5, 0.6) is 0 Å². The predicted molar refractivity (Wildman–Crippen MR) is 71.1 cm³/mol. The van der Waals surface area contributed by atoms with Crippen molar-refractivity contribution in [3.8, 4) is 0 Å². The van der Waals surface area contributed by atoms with Crippen molar-refractivity contribution in [3.05, 3.63) is 0 Å². The van der Waals surface area contributed by atoms with Gasteiger partial charge in [-0.25, -0.2) is 0 Å². The van der Waals surface area contributed by atoms with Gasteiger partial charge in [0, 0.05) is 18.7 Å². The van der Waals surface area contributed by atoms with Crippen molar-refractivity contribution in [1.29, 1.82) is 0 Å². The first-order valence-electron chi connectivity index (χ1n) is 6.43. The zero-order valence-electron chi connectivity index (χ0n) is 12.1. The molecule has 102 valence electrons. The first-order chi connectivity index (χ1) is 7.86. The Morgan fingerprint density at radius 1 is 1.29 bits per heavy atom. The van der Waals surface area contributed by atoms with E-state index in [0.717, 1.165) is 12.8 Å². The minimum atomic E-state index is -0.208. The molecule has 1 amide bonds. The summed E-state index contributed by atoms with van der Waals surface area (Å²) in [6.45, 7) is 10.7. The third-order valence-electron chi connectivity index (χ3n) is 2.84. The van der Waals surface area contributed by atoms with Crippen molar-refractivity contribution in [3.63, 3.8) is 0 Å². The lowest BCUT2D eigenvalue weighted by molar-refractivity contribution is -0.124. The third kappa shape index (κ3) is 6.64. The number of amides is 1. The Hall–Kier alpha value is -0.610. The van der Waals surface area contributed by atoms with Gasteiger partial charge in [-0.15, -0.1) is 0 Å². The van der Waals surface area contributed by atoms with Gasteiger partial charge in [-0.05, 0) is 33.6 Å². The molecule has 0 aliphatic carbocycles. The van der Waals surface area contributed by atoms with Crippen molar-refractivity contribution < 1.29 is 9.53 Å². The van der Waals surface area contributed by atoms with Gasteiger partial charge in [0.1, 0.15) is 0 Å². The van der Waals surface area contributed by atoms with Gasteiger partial charge in [-0.3, -0.25) is 10.1 Å². The fourth-order valence-electron chi connectivity index (χ4n) is 1.87. The van der Waals surface area contributed by atoms with Gasteiger partial charge in [0.2, 0.25) is 5.91 Å². The Morgan fingerprint density at radius 2 is 1.82 bits per heavy atom. The molecule has 2 N–H and O–H groups in total. The molecule has 1 unspecified atom stereocenters. The Morgan fingerprint density at radius 3 is 2.24 bits per heavy atom. The second-order valence-electron chi connectivity index (χ2n) is 5.20. The summed E-state index contributed by atoms with van der Waals surface area (Å²) in [7, 11) is 1.67. The Kier molecular flexibility index (Phi) is 7.39. The van der Waals surface area contributed by atoms with Crippen LogP contribution in [0.25, 0.3) is 0 Å². The van der Waals surface area contributed by atoms with Crippen LogP contribution in [0.1, 0.15) is 47.5 Å². The van der Waals surface area contributed by atoms with E-state index in [4.69, 9.17) is 4.74 Å². The van der Waals surface area contributed by atoms with Crippen molar-refractivity contribution in [2.24, 2.45) is 0 Å². The van der Waals surface area contributed by atoms with Gasteiger partial charge < -0.3 is 10.1 Å². The van der Waals surface area contributed by atoms with Crippen LogP contribution in [0.4, 0.5) is 0 Å². The number of carbonyl (C=O) groups is 1. The summed E-state index contributed by atoms with van der Waals surface area (Å²) >= 11 is 0. The third-order valence-corrected chi connectivity index (χ3v) is 2.84. The Bertz CT molecular complexity index is 225. The van der Waals surface area contributed by atoms with E-state index in [9.17, 15) is 4.79 Å². The van der Waals surface area contributed by atoms with Gasteiger partial charge in [0.05, 0.1) is 12.6 Å². The van der Waals surface area contributed by atoms with E-state index in [1.807, 2.05) is 20.8 Å². The molecular formula is C13H28N2O2. The minimum Gasteiger partial charge on any atom is -0.383 e. The molecule has 0 spiro atoms. The zero-order chi connectivity index (χ0) is 13.5. The lowest BCUT2D eigenvalue weighted by Gasteiger charge is -2.29. The largest absolute Gasteiger partial charge is 0.383 e. The van der Waals surface area contributed by atoms with E-state index >= 15 is 0 Å². The number of hydrogen-bond acceptors (Lipinski definition) is 3. The van der Waals surface area contributed by atoms with E-state index in [0.29, 0.717) is 6.61 Å². The second-order valence-corrected chi connectivity index (χ2v) is 5.20. The maximum atomic E-state index is 11.9. The molecule has 0 aromatic heterocycles. The van der Waals surface area contributed by atoms with Crippen molar-refractivity contribution in [1.82, 2.24) is 10.6 Å². The molecule has 0 radical (unpaired) electrons. The zero-order valence-corrected chi connectivity index (χ0v) is 12.1. The topological polar surface area (TPSA) is 50.4 Å². The van der Waals surface area contributed by atoms with E-state index in [2.05, 4.69) is 24.5 Å². The molecule has 4 nitrogen and oxygen atoms in total. The molecule has 4 heteroatoms. The van der Waals surface area contributed by atoms with Gasteiger partial charge in [-0.1, -0.05) is 13.8 Å². The average molecular weight is 244 g/mol. The summed E-state index contributed by atoms with van der Waals surface area (Å²) in [5.41, 5.74) is -0.195. The number of nitrogens with one attached hydrogen (secondary N) is 2. The maximum Gasteiger partial charge on any atom is 0.237 e. The van der Waals surface area contributed by atoms with Crippen LogP contribution in [0.2, 0.25) is 0 Å². The first-order valence-corrected chi connectivity index (χ1v) is 6.43. The molecule has 0 heterocycles. The lowest BCUT2D eigenvalue weighted by Crippen LogP contribution is -2.54. The quantitative estimate of drug-likeness (QED) is 0.683. The summed E-state index contributed by atoms with van der Waals surface area (Å²) in [5, 5.41) is 6.31. The molecule has 0 aliphatic rings. The summed E-state index contributed by atoms with van der Waals surface area (Å²) in [4.78, 5) is 11.9. The van der Waals surface area contributed by atoms with Crippen molar-refractivity contribution in [2.45, 2.75) is 65.1 Å². The fraction of sp³-hybridized carbons (Fsp3) is 0.923. The van der Waals surface area contributed by atoms with Gasteiger partial charge in [0.15, 0.2) is 0 Å². The Balaban J connectivity index is 4.21. The second kappa shape index (κ2) is 7.67. The smallest absolute Gasteiger partial charge is 0.237 e.